The van der Waals surface area contributed by atoms with Crippen LogP contribution in [0.4, 0.5) is 5.69 Å². The first kappa shape index (κ1) is 12.8. The molecule has 0 aliphatic rings. The third-order valence-electron chi connectivity index (χ3n) is 2.78. The van der Waals surface area contributed by atoms with E-state index in [9.17, 15) is 9.59 Å². The second kappa shape index (κ2) is 4.93. The average molecular weight is 259 g/mol. The lowest BCUT2D eigenvalue weighted by Crippen LogP contribution is -2.15. The maximum atomic E-state index is 11.9. The normalized spacial score (nSPS) is 10.2. The van der Waals surface area contributed by atoms with E-state index in [1.807, 2.05) is 0 Å². The van der Waals surface area contributed by atoms with Crippen molar-refractivity contribution in [2.24, 2.45) is 7.05 Å². The summed E-state index contributed by atoms with van der Waals surface area (Å²) in [5.74, 6) is -1.35. The quantitative estimate of drug-likeness (QED) is 0.878. The molecule has 19 heavy (non-hydrogen) atoms. The Balaban J connectivity index is 2.25. The third-order valence-corrected chi connectivity index (χ3v) is 2.78. The molecule has 0 radical (unpaired) electrons. The van der Waals surface area contributed by atoms with Crippen LogP contribution in [0.1, 0.15) is 26.4 Å². The summed E-state index contributed by atoms with van der Waals surface area (Å²) in [5, 5.41) is 11.7. The van der Waals surface area contributed by atoms with E-state index in [0.717, 1.165) is 0 Å². The first-order chi connectivity index (χ1) is 8.99. The molecule has 0 bridgehead atoms. The minimum atomic E-state index is -1.02. The second-order valence-corrected chi connectivity index (χ2v) is 4.18. The standard InChI is InChI=1S/C13H13N3O3/c1-8-3-4-9(5-10(8)13(18)19)15-12(17)11-6-14-7-16(11)2/h3-7H,1-2H3,(H,15,17)(H,18,19). The number of aryl methyl sites for hydroxylation is 2. The molecule has 0 unspecified atom stereocenters. The van der Waals surface area contributed by atoms with Crippen LogP contribution in [0, 0.1) is 6.92 Å². The minimum Gasteiger partial charge on any atom is -0.478 e. The highest BCUT2D eigenvalue weighted by molar-refractivity contribution is 6.03. The van der Waals surface area contributed by atoms with Crippen LogP contribution >= 0.6 is 0 Å². The van der Waals surface area contributed by atoms with E-state index in [4.69, 9.17) is 5.11 Å². The number of hydrogen-bond acceptors (Lipinski definition) is 3. The van der Waals surface area contributed by atoms with Crippen LogP contribution in [-0.4, -0.2) is 26.5 Å². The third kappa shape index (κ3) is 2.62. The van der Waals surface area contributed by atoms with Gasteiger partial charge in [-0.25, -0.2) is 9.78 Å². The summed E-state index contributed by atoms with van der Waals surface area (Å²) in [6, 6.07) is 4.75. The van der Waals surface area contributed by atoms with E-state index >= 15 is 0 Å². The van der Waals surface area contributed by atoms with Crippen molar-refractivity contribution in [3.63, 3.8) is 0 Å². The molecule has 0 saturated heterocycles. The van der Waals surface area contributed by atoms with Crippen molar-refractivity contribution in [2.45, 2.75) is 6.92 Å². The molecule has 2 aromatic rings. The van der Waals surface area contributed by atoms with Gasteiger partial charge in [0.15, 0.2) is 0 Å². The zero-order chi connectivity index (χ0) is 14.0. The number of rotatable bonds is 3. The Bertz CT molecular complexity index is 646. The van der Waals surface area contributed by atoms with E-state index in [0.29, 0.717) is 16.9 Å². The number of aromatic carboxylic acids is 1. The number of carboxylic acids is 1. The van der Waals surface area contributed by atoms with E-state index in [2.05, 4.69) is 10.3 Å². The van der Waals surface area contributed by atoms with E-state index in [1.54, 1.807) is 30.7 Å². The van der Waals surface area contributed by atoms with E-state index in [-0.39, 0.29) is 11.5 Å². The molecule has 98 valence electrons. The maximum Gasteiger partial charge on any atom is 0.336 e. The summed E-state index contributed by atoms with van der Waals surface area (Å²) in [6.07, 6.45) is 2.97. The predicted octanol–water partition coefficient (Wildman–Crippen LogP) is 1.68. The van der Waals surface area contributed by atoms with Gasteiger partial charge in [0.05, 0.1) is 18.1 Å². The number of carbonyl (C=O) groups excluding carboxylic acids is 1. The molecule has 1 aromatic carbocycles. The molecule has 2 N–H and O–H groups in total. The van der Waals surface area contributed by atoms with Gasteiger partial charge in [-0.2, -0.15) is 0 Å². The number of anilines is 1. The van der Waals surface area contributed by atoms with Crippen molar-refractivity contribution in [1.29, 1.82) is 0 Å². The highest BCUT2D eigenvalue weighted by atomic mass is 16.4. The van der Waals surface area contributed by atoms with Gasteiger partial charge in [0.25, 0.3) is 5.91 Å². The number of aromatic nitrogens is 2. The van der Waals surface area contributed by atoms with Crippen molar-refractivity contribution >= 4 is 17.6 Å². The topological polar surface area (TPSA) is 84.2 Å². The monoisotopic (exact) mass is 259 g/mol. The summed E-state index contributed by atoms with van der Waals surface area (Å²) in [6.45, 7) is 1.70. The Morgan fingerprint density at radius 1 is 1.37 bits per heavy atom. The fourth-order valence-corrected chi connectivity index (χ4v) is 1.70. The lowest BCUT2D eigenvalue weighted by molar-refractivity contribution is 0.0695. The zero-order valence-corrected chi connectivity index (χ0v) is 10.5. The summed E-state index contributed by atoms with van der Waals surface area (Å²) in [7, 11) is 1.71. The average Bonchev–Trinajstić information content (AvgIpc) is 2.77. The molecular weight excluding hydrogens is 246 g/mol. The molecule has 2 rings (SSSR count). The second-order valence-electron chi connectivity index (χ2n) is 4.18. The summed E-state index contributed by atoms with van der Waals surface area (Å²) >= 11 is 0. The Morgan fingerprint density at radius 2 is 2.11 bits per heavy atom. The van der Waals surface area contributed by atoms with Gasteiger partial charge in [-0.05, 0) is 24.6 Å². The van der Waals surface area contributed by atoms with Gasteiger partial charge < -0.3 is 15.0 Å². The maximum absolute atomic E-state index is 11.9. The number of nitrogens with one attached hydrogen (secondary N) is 1. The van der Waals surface area contributed by atoms with Crippen molar-refractivity contribution < 1.29 is 14.7 Å². The molecule has 6 nitrogen and oxygen atoms in total. The van der Waals surface area contributed by atoms with E-state index in [1.165, 1.54) is 18.6 Å². The Kier molecular flexibility index (Phi) is 3.33. The Labute approximate surface area is 109 Å². The van der Waals surface area contributed by atoms with Crippen molar-refractivity contribution in [1.82, 2.24) is 9.55 Å². The van der Waals surface area contributed by atoms with Crippen LogP contribution in [0.3, 0.4) is 0 Å². The van der Waals surface area contributed by atoms with Crippen molar-refractivity contribution in [3.8, 4) is 0 Å². The molecule has 1 amide bonds. The molecule has 0 aliphatic heterocycles. The Hall–Kier alpha value is -2.63. The summed E-state index contributed by atoms with van der Waals surface area (Å²) in [5.41, 5.74) is 1.65. The molecular formula is C13H13N3O3. The van der Waals surface area contributed by atoms with Gasteiger partial charge in [-0.3, -0.25) is 4.79 Å². The number of benzene rings is 1. The van der Waals surface area contributed by atoms with Crippen LogP contribution < -0.4 is 5.32 Å². The fourth-order valence-electron chi connectivity index (χ4n) is 1.70. The summed E-state index contributed by atoms with van der Waals surface area (Å²) < 4.78 is 1.58. The van der Waals surface area contributed by atoms with Gasteiger partial charge in [-0.15, -0.1) is 0 Å². The summed E-state index contributed by atoms with van der Waals surface area (Å²) in [4.78, 5) is 26.8. The number of amides is 1. The van der Waals surface area contributed by atoms with Crippen LogP contribution in [0.5, 0.6) is 0 Å². The molecule has 6 heteroatoms. The van der Waals surface area contributed by atoms with Crippen LogP contribution in [0.15, 0.2) is 30.7 Å². The molecule has 0 spiro atoms. The van der Waals surface area contributed by atoms with E-state index < -0.39 is 5.97 Å². The van der Waals surface area contributed by atoms with Crippen LogP contribution in [0.25, 0.3) is 0 Å². The molecule has 0 saturated carbocycles. The first-order valence-corrected chi connectivity index (χ1v) is 5.60. The zero-order valence-electron chi connectivity index (χ0n) is 10.5. The molecule has 0 fully saturated rings. The smallest absolute Gasteiger partial charge is 0.336 e. The minimum absolute atomic E-state index is 0.169. The number of hydrogen-bond donors (Lipinski definition) is 2. The SMILES string of the molecule is Cc1ccc(NC(=O)c2cncn2C)cc1C(=O)O. The lowest BCUT2D eigenvalue weighted by Gasteiger charge is -2.08. The highest BCUT2D eigenvalue weighted by Gasteiger charge is 2.12. The largest absolute Gasteiger partial charge is 0.478 e. The van der Waals surface area contributed by atoms with Crippen LogP contribution in [0.2, 0.25) is 0 Å². The Morgan fingerprint density at radius 3 is 2.68 bits per heavy atom. The van der Waals surface area contributed by atoms with Gasteiger partial charge in [0.2, 0.25) is 0 Å². The van der Waals surface area contributed by atoms with Gasteiger partial charge in [0, 0.05) is 12.7 Å². The predicted molar refractivity (Wildman–Crippen MR) is 69.3 cm³/mol. The van der Waals surface area contributed by atoms with Gasteiger partial charge in [0.1, 0.15) is 5.69 Å². The fraction of sp³-hybridized carbons (Fsp3) is 0.154. The van der Waals surface area contributed by atoms with Crippen molar-refractivity contribution in [2.75, 3.05) is 5.32 Å². The van der Waals surface area contributed by atoms with Gasteiger partial charge in [-0.1, -0.05) is 6.07 Å². The molecule has 1 aromatic heterocycles. The first-order valence-electron chi connectivity index (χ1n) is 5.60. The highest BCUT2D eigenvalue weighted by Crippen LogP contribution is 2.16. The van der Waals surface area contributed by atoms with Crippen molar-refractivity contribution in [3.05, 3.63) is 47.5 Å². The molecule has 1 heterocycles. The number of imidazole rings is 1. The molecule has 0 aliphatic carbocycles. The molecule has 0 atom stereocenters. The van der Waals surface area contributed by atoms with Crippen LogP contribution in [-0.2, 0) is 7.05 Å². The number of carbonyl (C=O) groups is 2. The number of carboxylic acid groups (broad SMARTS) is 1. The lowest BCUT2D eigenvalue weighted by atomic mass is 10.1. The number of nitrogens with zero attached hydrogens (tertiary/aromatic N) is 2. The van der Waals surface area contributed by atoms with Gasteiger partial charge >= 0.3 is 5.97 Å².